The maximum Gasteiger partial charge on any atom is 0.191 e. The second-order valence-corrected chi connectivity index (χ2v) is 6.69. The van der Waals surface area contributed by atoms with Crippen LogP contribution in [0.3, 0.4) is 0 Å². The zero-order valence-corrected chi connectivity index (χ0v) is 15.3. The summed E-state index contributed by atoms with van der Waals surface area (Å²) in [6.07, 6.45) is 5.18. The Morgan fingerprint density at radius 1 is 1.20 bits per heavy atom. The first-order chi connectivity index (χ1) is 12.2. The second-order valence-electron chi connectivity index (χ2n) is 5.37. The number of nitrogens with zero attached hydrogens (tertiary/aromatic N) is 6. The van der Waals surface area contributed by atoms with E-state index in [1.54, 1.807) is 29.3 Å². The predicted octanol–water partition coefficient (Wildman–Crippen LogP) is 0.905. The van der Waals surface area contributed by atoms with Gasteiger partial charge < -0.3 is 16.0 Å². The van der Waals surface area contributed by atoms with Gasteiger partial charge in [0.2, 0.25) is 0 Å². The molecule has 9 nitrogen and oxygen atoms in total. The van der Waals surface area contributed by atoms with Crippen LogP contribution in [0, 0.1) is 6.92 Å². The van der Waals surface area contributed by atoms with Crippen molar-refractivity contribution in [2.45, 2.75) is 13.5 Å². The first-order valence-electron chi connectivity index (χ1n) is 7.90. The van der Waals surface area contributed by atoms with Crippen molar-refractivity contribution >= 4 is 34.1 Å². The number of fused-ring (bicyclic) bond motifs is 1. The molecule has 0 aliphatic carbocycles. The van der Waals surface area contributed by atoms with Gasteiger partial charge in [-0.25, -0.2) is 15.0 Å². The minimum Gasteiger partial charge on any atom is -0.368 e. The van der Waals surface area contributed by atoms with Crippen LogP contribution in [0.2, 0.25) is 0 Å². The molecule has 0 aromatic carbocycles. The van der Waals surface area contributed by atoms with Crippen LogP contribution in [-0.2, 0) is 13.6 Å². The van der Waals surface area contributed by atoms with Gasteiger partial charge in [0.25, 0.3) is 0 Å². The molecular weight excluding hydrogens is 338 g/mol. The highest BCUT2D eigenvalue weighted by molar-refractivity contribution is 7.11. The zero-order valence-electron chi connectivity index (χ0n) is 14.4. The molecule has 132 valence electrons. The van der Waals surface area contributed by atoms with Crippen LogP contribution >= 0.6 is 11.3 Å². The van der Waals surface area contributed by atoms with Crippen molar-refractivity contribution in [3.8, 4) is 0 Å². The molecule has 3 aromatic rings. The largest absolute Gasteiger partial charge is 0.368 e. The van der Waals surface area contributed by atoms with Crippen LogP contribution in [-0.4, -0.2) is 50.8 Å². The summed E-state index contributed by atoms with van der Waals surface area (Å²) >= 11 is 1.68. The molecule has 3 N–H and O–H groups in total. The van der Waals surface area contributed by atoms with Gasteiger partial charge in [0.1, 0.15) is 17.2 Å². The van der Waals surface area contributed by atoms with E-state index >= 15 is 0 Å². The highest BCUT2D eigenvalue weighted by atomic mass is 32.1. The zero-order chi connectivity index (χ0) is 17.6. The van der Waals surface area contributed by atoms with Crippen LogP contribution in [0.25, 0.3) is 11.0 Å². The molecule has 0 spiro atoms. The molecule has 3 heterocycles. The topological polar surface area (TPSA) is 105 Å². The monoisotopic (exact) mass is 359 g/mol. The summed E-state index contributed by atoms with van der Waals surface area (Å²) in [4.78, 5) is 18.2. The lowest BCUT2D eigenvalue weighted by Gasteiger charge is -2.11. The lowest BCUT2D eigenvalue weighted by atomic mass is 10.4. The average Bonchev–Trinajstić information content (AvgIpc) is 3.21. The molecule has 0 radical (unpaired) electrons. The van der Waals surface area contributed by atoms with Gasteiger partial charge in [-0.3, -0.25) is 9.67 Å². The highest BCUT2D eigenvalue weighted by Gasteiger charge is 2.07. The van der Waals surface area contributed by atoms with Crippen molar-refractivity contribution in [1.82, 2.24) is 35.4 Å². The normalized spacial score (nSPS) is 11.7. The number of hydrogen-bond acceptors (Lipinski definition) is 7. The molecule has 0 fully saturated rings. The smallest absolute Gasteiger partial charge is 0.191 e. The summed E-state index contributed by atoms with van der Waals surface area (Å²) < 4.78 is 1.73. The van der Waals surface area contributed by atoms with Gasteiger partial charge in [0, 0.05) is 38.3 Å². The molecule has 0 aliphatic rings. The third kappa shape index (κ3) is 4.21. The molecule has 3 rings (SSSR count). The van der Waals surface area contributed by atoms with Gasteiger partial charge in [-0.1, -0.05) is 0 Å². The van der Waals surface area contributed by atoms with E-state index in [9.17, 15) is 0 Å². The molecule has 3 aromatic heterocycles. The van der Waals surface area contributed by atoms with E-state index in [-0.39, 0.29) is 0 Å². The second kappa shape index (κ2) is 7.88. The van der Waals surface area contributed by atoms with E-state index in [1.807, 2.05) is 20.2 Å². The number of rotatable bonds is 6. The van der Waals surface area contributed by atoms with Gasteiger partial charge in [-0.15, -0.1) is 11.3 Å². The van der Waals surface area contributed by atoms with Crippen molar-refractivity contribution < 1.29 is 0 Å². The maximum absolute atomic E-state index is 4.33. The molecule has 0 bridgehead atoms. The number of guanidine groups is 1. The SMILES string of the molecule is CN=C(NCCNc1ncnc2c1cnn2C)NCc1ncc(C)s1. The van der Waals surface area contributed by atoms with Gasteiger partial charge in [-0.05, 0) is 6.92 Å². The van der Waals surface area contributed by atoms with Crippen LogP contribution in [0.5, 0.6) is 0 Å². The number of aliphatic imine (C=N–C) groups is 1. The fraction of sp³-hybridized carbons (Fsp3) is 0.400. The first-order valence-corrected chi connectivity index (χ1v) is 8.71. The van der Waals surface area contributed by atoms with Crippen LogP contribution in [0.4, 0.5) is 5.82 Å². The number of thiazole rings is 1. The Kier molecular flexibility index (Phi) is 5.39. The Bertz CT molecular complexity index is 867. The van der Waals surface area contributed by atoms with Crippen LogP contribution < -0.4 is 16.0 Å². The fourth-order valence-corrected chi connectivity index (χ4v) is 3.05. The highest BCUT2D eigenvalue weighted by Crippen LogP contribution is 2.17. The van der Waals surface area contributed by atoms with E-state index in [2.05, 4.69) is 41.0 Å². The summed E-state index contributed by atoms with van der Waals surface area (Å²) in [7, 11) is 3.61. The molecule has 0 amide bonds. The molecule has 0 unspecified atom stereocenters. The first kappa shape index (κ1) is 17.1. The molecule has 0 saturated heterocycles. The molecule has 0 atom stereocenters. The number of aryl methyl sites for hydroxylation is 2. The van der Waals surface area contributed by atoms with Crippen molar-refractivity contribution in [1.29, 1.82) is 0 Å². The Morgan fingerprint density at radius 3 is 2.84 bits per heavy atom. The summed E-state index contributed by atoms with van der Waals surface area (Å²) in [6.45, 7) is 4.10. The van der Waals surface area contributed by atoms with E-state index in [4.69, 9.17) is 0 Å². The molecule has 10 heteroatoms. The van der Waals surface area contributed by atoms with Gasteiger partial charge in [0.15, 0.2) is 11.6 Å². The van der Waals surface area contributed by atoms with E-state index in [0.717, 1.165) is 27.8 Å². The Balaban J connectivity index is 1.46. The number of hydrogen-bond donors (Lipinski definition) is 3. The summed E-state index contributed by atoms with van der Waals surface area (Å²) in [6, 6.07) is 0. The van der Waals surface area contributed by atoms with Gasteiger partial charge >= 0.3 is 0 Å². The minimum absolute atomic E-state index is 0.661. The van der Waals surface area contributed by atoms with E-state index in [1.165, 1.54) is 11.2 Å². The van der Waals surface area contributed by atoms with E-state index in [0.29, 0.717) is 19.6 Å². The predicted molar refractivity (Wildman–Crippen MR) is 99.8 cm³/mol. The summed E-state index contributed by atoms with van der Waals surface area (Å²) in [5, 5.41) is 16.0. The minimum atomic E-state index is 0.661. The summed E-state index contributed by atoms with van der Waals surface area (Å²) in [5.74, 6) is 1.52. The van der Waals surface area contributed by atoms with Crippen LogP contribution in [0.1, 0.15) is 9.88 Å². The third-order valence-corrected chi connectivity index (χ3v) is 4.45. The Labute approximate surface area is 149 Å². The quantitative estimate of drug-likeness (QED) is 0.341. The molecule has 0 saturated carbocycles. The van der Waals surface area contributed by atoms with Gasteiger partial charge in [0.05, 0.1) is 18.1 Å². The maximum atomic E-state index is 4.33. The van der Waals surface area contributed by atoms with Crippen molar-refractivity contribution in [3.63, 3.8) is 0 Å². The number of aromatic nitrogens is 5. The van der Waals surface area contributed by atoms with Crippen LogP contribution in [0.15, 0.2) is 23.7 Å². The molecular formula is C15H21N9S. The lowest BCUT2D eigenvalue weighted by molar-refractivity contribution is 0.785. The van der Waals surface area contributed by atoms with Crippen molar-refractivity contribution in [3.05, 3.63) is 28.6 Å². The van der Waals surface area contributed by atoms with Crippen molar-refractivity contribution in [2.75, 3.05) is 25.5 Å². The van der Waals surface area contributed by atoms with E-state index < -0.39 is 0 Å². The molecule has 25 heavy (non-hydrogen) atoms. The Hall–Kier alpha value is -2.75. The third-order valence-electron chi connectivity index (χ3n) is 3.54. The Morgan fingerprint density at radius 2 is 2.08 bits per heavy atom. The molecule has 0 aliphatic heterocycles. The van der Waals surface area contributed by atoms with Crippen molar-refractivity contribution in [2.24, 2.45) is 12.0 Å². The number of anilines is 1. The number of nitrogens with one attached hydrogen (secondary N) is 3. The standard InChI is InChI=1S/C15H21N9S/c1-10-6-19-12(25-10)8-20-15(16-2)18-5-4-17-13-11-7-23-24(3)14(11)22-9-21-13/h6-7,9H,4-5,8H2,1-3H3,(H2,16,18,20)(H,17,21,22). The van der Waals surface area contributed by atoms with Gasteiger partial charge in [-0.2, -0.15) is 5.10 Å². The summed E-state index contributed by atoms with van der Waals surface area (Å²) in [5.41, 5.74) is 0.807. The fourth-order valence-electron chi connectivity index (χ4n) is 2.33. The lowest BCUT2D eigenvalue weighted by Crippen LogP contribution is -2.39. The average molecular weight is 359 g/mol.